The van der Waals surface area contributed by atoms with Gasteiger partial charge in [0.15, 0.2) is 0 Å². The van der Waals surface area contributed by atoms with Crippen LogP contribution in [0.1, 0.15) is 16.8 Å². The number of hydrogen-bond acceptors (Lipinski definition) is 6. The van der Waals surface area contributed by atoms with Crippen molar-refractivity contribution in [2.45, 2.75) is 6.42 Å². The molecule has 0 N–H and O–H groups in total. The van der Waals surface area contributed by atoms with Crippen molar-refractivity contribution >= 4 is 38.4 Å². The highest BCUT2D eigenvalue weighted by Crippen LogP contribution is 2.33. The standard InChI is InChI=1S/C11H12FNO5S2/c1-18-11(15)8-2-3-19-10(8)13-5-7(4-9(13)14)6-20(12,16)17/h2-3,7H,4-6H2,1H3. The zero-order chi connectivity index (χ0) is 14.9. The largest absolute Gasteiger partial charge is 0.465 e. The van der Waals surface area contributed by atoms with Gasteiger partial charge >= 0.3 is 16.2 Å². The molecule has 1 aliphatic heterocycles. The Labute approximate surface area is 119 Å². The first-order valence-electron chi connectivity index (χ1n) is 5.70. The lowest BCUT2D eigenvalue weighted by atomic mass is 10.1. The normalized spacial score (nSPS) is 19.4. The molecule has 1 aromatic rings. The number of ether oxygens (including phenoxy) is 1. The van der Waals surface area contributed by atoms with Gasteiger partial charge in [-0.1, -0.05) is 0 Å². The number of halogens is 1. The third-order valence-electron chi connectivity index (χ3n) is 2.94. The van der Waals surface area contributed by atoms with Gasteiger partial charge in [-0.05, 0) is 11.4 Å². The van der Waals surface area contributed by atoms with Gasteiger partial charge in [-0.15, -0.1) is 15.2 Å². The molecular formula is C11H12FNO5S2. The summed E-state index contributed by atoms with van der Waals surface area (Å²) < 4.78 is 38.6. The van der Waals surface area contributed by atoms with Crippen molar-refractivity contribution in [1.82, 2.24) is 0 Å². The molecule has 1 unspecified atom stereocenters. The summed E-state index contributed by atoms with van der Waals surface area (Å²) in [5.41, 5.74) is 0.245. The van der Waals surface area contributed by atoms with E-state index in [9.17, 15) is 21.9 Å². The summed E-state index contributed by atoms with van der Waals surface area (Å²) in [7, 11) is -3.39. The molecule has 1 atom stereocenters. The fraction of sp³-hybridized carbons (Fsp3) is 0.455. The molecule has 2 rings (SSSR count). The molecule has 1 amide bonds. The van der Waals surface area contributed by atoms with Gasteiger partial charge in [-0.2, -0.15) is 8.42 Å². The number of amides is 1. The number of rotatable bonds is 4. The Balaban J connectivity index is 2.20. The van der Waals surface area contributed by atoms with Crippen LogP contribution in [0, 0.1) is 5.92 Å². The minimum atomic E-state index is -4.62. The summed E-state index contributed by atoms with van der Waals surface area (Å²) in [6.07, 6.45) is -0.0539. The average Bonchev–Trinajstić information content (AvgIpc) is 2.92. The highest BCUT2D eigenvalue weighted by Gasteiger charge is 2.36. The van der Waals surface area contributed by atoms with E-state index in [0.29, 0.717) is 5.00 Å². The maximum Gasteiger partial charge on any atom is 0.340 e. The van der Waals surface area contributed by atoms with Gasteiger partial charge in [0.1, 0.15) is 5.00 Å². The Bertz CT molecular complexity index is 639. The predicted octanol–water partition coefficient (Wildman–Crippen LogP) is 1.19. The second kappa shape index (κ2) is 5.49. The monoisotopic (exact) mass is 321 g/mol. The number of hydrogen-bond donors (Lipinski definition) is 0. The number of esters is 1. The third kappa shape index (κ3) is 3.15. The summed E-state index contributed by atoms with van der Waals surface area (Å²) in [4.78, 5) is 24.8. The van der Waals surface area contributed by atoms with E-state index in [-0.39, 0.29) is 24.4 Å². The molecule has 0 aliphatic carbocycles. The van der Waals surface area contributed by atoms with Crippen LogP contribution in [0.3, 0.4) is 0 Å². The number of carbonyl (C=O) groups excluding carboxylic acids is 2. The van der Waals surface area contributed by atoms with Crippen molar-refractivity contribution in [2.75, 3.05) is 24.3 Å². The maximum atomic E-state index is 12.7. The Morgan fingerprint density at radius 1 is 1.60 bits per heavy atom. The number of thiophene rings is 1. The maximum absolute atomic E-state index is 12.7. The second-order valence-corrected chi connectivity index (χ2v) is 6.72. The van der Waals surface area contributed by atoms with E-state index in [1.807, 2.05) is 0 Å². The first-order chi connectivity index (χ1) is 9.31. The quantitative estimate of drug-likeness (QED) is 0.614. The molecule has 0 aromatic carbocycles. The molecule has 0 spiro atoms. The topological polar surface area (TPSA) is 80.8 Å². The summed E-state index contributed by atoms with van der Waals surface area (Å²) in [5, 5.41) is 2.04. The molecule has 20 heavy (non-hydrogen) atoms. The molecule has 0 saturated carbocycles. The Morgan fingerprint density at radius 3 is 2.90 bits per heavy atom. The molecule has 1 aliphatic rings. The van der Waals surface area contributed by atoms with Crippen LogP contribution in [-0.4, -0.2) is 39.7 Å². The number of nitrogens with zero attached hydrogens (tertiary/aromatic N) is 1. The summed E-state index contributed by atoms with van der Waals surface area (Å²) >= 11 is 1.18. The van der Waals surface area contributed by atoms with Crippen LogP contribution in [-0.2, 0) is 19.8 Å². The van der Waals surface area contributed by atoms with Gasteiger partial charge in [-0.3, -0.25) is 4.79 Å². The summed E-state index contributed by atoms with van der Waals surface area (Å²) in [6.45, 7) is 0.0759. The lowest BCUT2D eigenvalue weighted by Crippen LogP contribution is -2.26. The summed E-state index contributed by atoms with van der Waals surface area (Å²) in [5.74, 6) is -2.19. The fourth-order valence-electron chi connectivity index (χ4n) is 2.15. The molecule has 0 radical (unpaired) electrons. The van der Waals surface area contributed by atoms with E-state index < -0.39 is 27.9 Å². The van der Waals surface area contributed by atoms with Crippen LogP contribution in [0.4, 0.5) is 8.89 Å². The summed E-state index contributed by atoms with van der Waals surface area (Å²) in [6, 6.07) is 1.53. The zero-order valence-electron chi connectivity index (χ0n) is 10.5. The molecule has 9 heteroatoms. The van der Waals surface area contributed by atoms with E-state index in [0.717, 1.165) is 0 Å². The SMILES string of the molecule is COC(=O)c1ccsc1N1CC(CS(=O)(=O)F)CC1=O. The molecule has 1 fully saturated rings. The smallest absolute Gasteiger partial charge is 0.340 e. The highest BCUT2D eigenvalue weighted by molar-refractivity contribution is 7.86. The van der Waals surface area contributed by atoms with Gasteiger partial charge in [0.05, 0.1) is 18.4 Å². The first-order valence-corrected chi connectivity index (χ1v) is 8.13. The van der Waals surface area contributed by atoms with Crippen LogP contribution in [0.15, 0.2) is 11.4 Å². The van der Waals surface area contributed by atoms with Crippen molar-refractivity contribution in [3.63, 3.8) is 0 Å². The van der Waals surface area contributed by atoms with Crippen molar-refractivity contribution in [1.29, 1.82) is 0 Å². The van der Waals surface area contributed by atoms with E-state index >= 15 is 0 Å². The van der Waals surface area contributed by atoms with Crippen LogP contribution in [0.25, 0.3) is 0 Å². The van der Waals surface area contributed by atoms with Crippen LogP contribution < -0.4 is 4.90 Å². The first kappa shape index (κ1) is 14.9. The highest BCUT2D eigenvalue weighted by atomic mass is 32.3. The van der Waals surface area contributed by atoms with Crippen LogP contribution >= 0.6 is 11.3 Å². The van der Waals surface area contributed by atoms with Crippen molar-refractivity contribution < 1.29 is 26.6 Å². The van der Waals surface area contributed by atoms with Gasteiger partial charge in [0.2, 0.25) is 5.91 Å². The van der Waals surface area contributed by atoms with Crippen molar-refractivity contribution in [3.8, 4) is 0 Å². The Kier molecular flexibility index (Phi) is 4.09. The number of methoxy groups -OCH3 is 1. The lowest BCUT2D eigenvalue weighted by Gasteiger charge is -2.15. The Morgan fingerprint density at radius 2 is 2.30 bits per heavy atom. The van der Waals surface area contributed by atoms with E-state index in [1.54, 1.807) is 5.38 Å². The predicted molar refractivity (Wildman–Crippen MR) is 71.0 cm³/mol. The lowest BCUT2D eigenvalue weighted by molar-refractivity contribution is -0.117. The minimum absolute atomic E-state index is 0.0539. The zero-order valence-corrected chi connectivity index (χ0v) is 12.2. The van der Waals surface area contributed by atoms with Gasteiger partial charge < -0.3 is 9.64 Å². The number of anilines is 1. The minimum Gasteiger partial charge on any atom is -0.465 e. The number of carbonyl (C=O) groups is 2. The molecular weight excluding hydrogens is 309 g/mol. The van der Waals surface area contributed by atoms with E-state index in [1.165, 1.54) is 29.4 Å². The third-order valence-corrected chi connectivity index (χ3v) is 4.74. The van der Waals surface area contributed by atoms with Crippen LogP contribution in [0.5, 0.6) is 0 Å². The van der Waals surface area contributed by atoms with Crippen molar-refractivity contribution in [2.24, 2.45) is 5.92 Å². The average molecular weight is 321 g/mol. The van der Waals surface area contributed by atoms with E-state index in [4.69, 9.17) is 0 Å². The molecule has 110 valence electrons. The molecule has 1 aromatic heterocycles. The van der Waals surface area contributed by atoms with Gasteiger partial charge in [-0.25, -0.2) is 4.79 Å². The molecule has 1 saturated heterocycles. The molecule has 2 heterocycles. The Hall–Kier alpha value is -1.48. The molecule has 0 bridgehead atoms. The second-order valence-electron chi connectivity index (χ2n) is 4.41. The molecule has 6 nitrogen and oxygen atoms in total. The van der Waals surface area contributed by atoms with Gasteiger partial charge in [0, 0.05) is 18.9 Å². The van der Waals surface area contributed by atoms with Crippen LogP contribution in [0.2, 0.25) is 0 Å². The fourth-order valence-corrected chi connectivity index (χ4v) is 3.85. The van der Waals surface area contributed by atoms with Crippen molar-refractivity contribution in [3.05, 3.63) is 17.0 Å². The van der Waals surface area contributed by atoms with Gasteiger partial charge in [0.25, 0.3) is 0 Å². The van der Waals surface area contributed by atoms with E-state index in [2.05, 4.69) is 4.74 Å².